The average Bonchev–Trinajstić information content (AvgIpc) is 2.94. The van der Waals surface area contributed by atoms with Gasteiger partial charge in [-0.3, -0.25) is 4.79 Å². The number of hydrogen-bond acceptors (Lipinski definition) is 4. The third-order valence-electron chi connectivity index (χ3n) is 3.11. The van der Waals surface area contributed by atoms with E-state index < -0.39 is 0 Å². The molecule has 1 heterocycles. The van der Waals surface area contributed by atoms with Gasteiger partial charge in [-0.05, 0) is 31.4 Å². The number of nitrogens with one attached hydrogen (secondary N) is 1. The highest BCUT2D eigenvalue weighted by Gasteiger charge is 2.06. The van der Waals surface area contributed by atoms with Crippen molar-refractivity contribution in [1.82, 2.24) is 20.3 Å². The van der Waals surface area contributed by atoms with Crippen LogP contribution < -0.4 is 11.1 Å². The molecule has 0 saturated carbocycles. The molecular weight excluding hydrogens is 266 g/mol. The molecular formula is C15H21N5O. The Kier molecular flexibility index (Phi) is 5.90. The molecule has 0 bridgehead atoms. The fourth-order valence-electron chi connectivity index (χ4n) is 1.98. The zero-order valence-electron chi connectivity index (χ0n) is 12.0. The van der Waals surface area contributed by atoms with Gasteiger partial charge in [0.2, 0.25) is 5.91 Å². The maximum atomic E-state index is 11.8. The lowest BCUT2D eigenvalue weighted by Crippen LogP contribution is -2.27. The zero-order chi connectivity index (χ0) is 14.9. The molecule has 0 unspecified atom stereocenters. The molecule has 2 rings (SSSR count). The monoisotopic (exact) mass is 287 g/mol. The molecule has 0 radical (unpaired) electrons. The summed E-state index contributed by atoms with van der Waals surface area (Å²) >= 11 is 0. The SMILES string of the molecule is NCCCCc1cn(CC(=O)NCc2ccccc2)nn1. The van der Waals surface area contributed by atoms with Gasteiger partial charge in [0.25, 0.3) is 0 Å². The standard InChI is InChI=1S/C15H21N5O/c16-9-5-4-8-14-11-20(19-18-14)12-15(21)17-10-13-6-2-1-3-7-13/h1-3,6-7,11H,4-5,8-10,12,16H2,(H,17,21). The molecule has 6 nitrogen and oxygen atoms in total. The molecule has 0 saturated heterocycles. The van der Waals surface area contributed by atoms with Gasteiger partial charge in [0, 0.05) is 12.7 Å². The highest BCUT2D eigenvalue weighted by atomic mass is 16.2. The summed E-state index contributed by atoms with van der Waals surface area (Å²) in [6, 6.07) is 9.81. The van der Waals surface area contributed by atoms with Crippen LogP contribution in [0.4, 0.5) is 0 Å². The van der Waals surface area contributed by atoms with Crippen LogP contribution in [0.2, 0.25) is 0 Å². The Morgan fingerprint density at radius 3 is 2.81 bits per heavy atom. The first-order valence-corrected chi connectivity index (χ1v) is 7.17. The highest BCUT2D eigenvalue weighted by molar-refractivity contribution is 5.75. The second-order valence-corrected chi connectivity index (χ2v) is 4.92. The van der Waals surface area contributed by atoms with E-state index in [0.717, 1.165) is 30.5 Å². The minimum absolute atomic E-state index is 0.0720. The lowest BCUT2D eigenvalue weighted by Gasteiger charge is -2.04. The number of hydrogen-bond donors (Lipinski definition) is 2. The van der Waals surface area contributed by atoms with Gasteiger partial charge in [-0.25, -0.2) is 4.68 Å². The van der Waals surface area contributed by atoms with Gasteiger partial charge in [0.15, 0.2) is 0 Å². The number of rotatable bonds is 8. The van der Waals surface area contributed by atoms with E-state index >= 15 is 0 Å². The molecule has 0 aliphatic heterocycles. The van der Waals surface area contributed by atoms with E-state index in [1.807, 2.05) is 36.5 Å². The number of carbonyl (C=O) groups is 1. The summed E-state index contributed by atoms with van der Waals surface area (Å²) in [6.45, 7) is 1.41. The molecule has 0 aliphatic rings. The summed E-state index contributed by atoms with van der Waals surface area (Å²) in [4.78, 5) is 11.8. The number of carbonyl (C=O) groups excluding carboxylic acids is 1. The van der Waals surface area contributed by atoms with Crippen LogP contribution in [0.3, 0.4) is 0 Å². The van der Waals surface area contributed by atoms with Gasteiger partial charge >= 0.3 is 0 Å². The Labute approximate surface area is 124 Å². The summed E-state index contributed by atoms with van der Waals surface area (Å²) in [5.41, 5.74) is 7.43. The largest absolute Gasteiger partial charge is 0.350 e. The quantitative estimate of drug-likeness (QED) is 0.706. The molecule has 21 heavy (non-hydrogen) atoms. The van der Waals surface area contributed by atoms with E-state index in [1.165, 1.54) is 0 Å². The van der Waals surface area contributed by atoms with Crippen LogP contribution in [0.15, 0.2) is 36.5 Å². The van der Waals surface area contributed by atoms with Crippen molar-refractivity contribution in [3.8, 4) is 0 Å². The molecule has 2 aromatic rings. The lowest BCUT2D eigenvalue weighted by atomic mass is 10.2. The summed E-state index contributed by atoms with van der Waals surface area (Å²) in [6.07, 6.45) is 4.64. The van der Waals surface area contributed by atoms with Gasteiger partial charge in [-0.2, -0.15) is 0 Å². The van der Waals surface area contributed by atoms with Crippen molar-refractivity contribution < 1.29 is 4.79 Å². The number of aromatic nitrogens is 3. The predicted octanol–water partition coefficient (Wildman–Crippen LogP) is 0.876. The van der Waals surface area contributed by atoms with Crippen LogP contribution in [0.25, 0.3) is 0 Å². The summed E-state index contributed by atoms with van der Waals surface area (Å²) in [7, 11) is 0. The number of aryl methyl sites for hydroxylation is 1. The van der Waals surface area contributed by atoms with Crippen molar-refractivity contribution in [3.63, 3.8) is 0 Å². The normalized spacial score (nSPS) is 10.5. The van der Waals surface area contributed by atoms with Crippen molar-refractivity contribution >= 4 is 5.91 Å². The number of unbranched alkanes of at least 4 members (excludes halogenated alkanes) is 1. The first-order chi connectivity index (χ1) is 10.3. The number of nitrogens with zero attached hydrogens (tertiary/aromatic N) is 3. The molecule has 1 aromatic heterocycles. The Hall–Kier alpha value is -2.21. The third kappa shape index (κ3) is 5.35. The van der Waals surface area contributed by atoms with E-state index in [1.54, 1.807) is 4.68 Å². The summed E-state index contributed by atoms with van der Waals surface area (Å²) < 4.78 is 1.57. The van der Waals surface area contributed by atoms with Crippen molar-refractivity contribution in [1.29, 1.82) is 0 Å². The maximum Gasteiger partial charge on any atom is 0.242 e. The van der Waals surface area contributed by atoms with Gasteiger partial charge < -0.3 is 11.1 Å². The lowest BCUT2D eigenvalue weighted by molar-refractivity contribution is -0.122. The molecule has 1 amide bonds. The molecule has 112 valence electrons. The molecule has 6 heteroatoms. The molecule has 0 spiro atoms. The van der Waals surface area contributed by atoms with Crippen LogP contribution in [0, 0.1) is 0 Å². The van der Waals surface area contributed by atoms with Gasteiger partial charge in [-0.1, -0.05) is 35.5 Å². The fraction of sp³-hybridized carbons (Fsp3) is 0.400. The topological polar surface area (TPSA) is 85.8 Å². The number of benzene rings is 1. The van der Waals surface area contributed by atoms with Crippen LogP contribution in [0.5, 0.6) is 0 Å². The summed E-state index contributed by atoms with van der Waals surface area (Å²) in [5.74, 6) is -0.0720. The van der Waals surface area contributed by atoms with E-state index in [2.05, 4.69) is 15.6 Å². The Bertz CT molecular complexity index is 552. The zero-order valence-corrected chi connectivity index (χ0v) is 12.0. The number of nitrogens with two attached hydrogens (primary N) is 1. The van der Waals surface area contributed by atoms with E-state index in [4.69, 9.17) is 5.73 Å². The Morgan fingerprint density at radius 1 is 1.24 bits per heavy atom. The van der Waals surface area contributed by atoms with Crippen molar-refractivity contribution in [2.45, 2.75) is 32.4 Å². The second kappa shape index (κ2) is 8.16. The first-order valence-electron chi connectivity index (χ1n) is 7.17. The van der Waals surface area contributed by atoms with E-state index in [9.17, 15) is 4.79 Å². The van der Waals surface area contributed by atoms with Crippen molar-refractivity contribution in [3.05, 3.63) is 47.8 Å². The number of amides is 1. The molecule has 0 fully saturated rings. The molecule has 0 aliphatic carbocycles. The van der Waals surface area contributed by atoms with Crippen LogP contribution >= 0.6 is 0 Å². The van der Waals surface area contributed by atoms with E-state index in [0.29, 0.717) is 13.1 Å². The maximum absolute atomic E-state index is 11.8. The van der Waals surface area contributed by atoms with Gasteiger partial charge in [0.05, 0.1) is 5.69 Å². The average molecular weight is 287 g/mol. The van der Waals surface area contributed by atoms with E-state index in [-0.39, 0.29) is 12.5 Å². The predicted molar refractivity (Wildman–Crippen MR) is 80.3 cm³/mol. The Balaban J connectivity index is 1.75. The van der Waals surface area contributed by atoms with Crippen LogP contribution in [-0.4, -0.2) is 27.4 Å². The second-order valence-electron chi connectivity index (χ2n) is 4.92. The first kappa shape index (κ1) is 15.2. The van der Waals surface area contributed by atoms with Crippen molar-refractivity contribution in [2.24, 2.45) is 5.73 Å². The minimum atomic E-state index is -0.0720. The summed E-state index contributed by atoms with van der Waals surface area (Å²) in [5, 5.41) is 10.9. The van der Waals surface area contributed by atoms with Crippen molar-refractivity contribution in [2.75, 3.05) is 6.54 Å². The highest BCUT2D eigenvalue weighted by Crippen LogP contribution is 2.01. The molecule has 0 atom stereocenters. The third-order valence-corrected chi connectivity index (χ3v) is 3.11. The van der Waals surface area contributed by atoms with Crippen LogP contribution in [0.1, 0.15) is 24.1 Å². The van der Waals surface area contributed by atoms with Gasteiger partial charge in [-0.15, -0.1) is 5.10 Å². The van der Waals surface area contributed by atoms with Crippen LogP contribution in [-0.2, 0) is 24.3 Å². The van der Waals surface area contributed by atoms with Gasteiger partial charge in [0.1, 0.15) is 6.54 Å². The Morgan fingerprint density at radius 2 is 2.05 bits per heavy atom. The smallest absolute Gasteiger partial charge is 0.242 e. The minimum Gasteiger partial charge on any atom is -0.350 e. The molecule has 3 N–H and O–H groups in total. The fourth-order valence-corrected chi connectivity index (χ4v) is 1.98. The molecule has 1 aromatic carbocycles.